The summed E-state index contributed by atoms with van der Waals surface area (Å²) in [5.74, 6) is 0. The van der Waals surface area contributed by atoms with E-state index in [-0.39, 0.29) is 0 Å². The Kier molecular flexibility index (Phi) is 3.74. The van der Waals surface area contributed by atoms with Crippen molar-refractivity contribution in [3.63, 3.8) is 0 Å². The van der Waals surface area contributed by atoms with Crippen LogP contribution in [0.1, 0.15) is 6.92 Å². The molecule has 0 saturated heterocycles. The van der Waals surface area contributed by atoms with Gasteiger partial charge in [0.15, 0.2) is 6.29 Å². The van der Waals surface area contributed by atoms with E-state index < -0.39 is 18.8 Å². The summed E-state index contributed by atoms with van der Waals surface area (Å²) in [5, 5.41) is 0. The zero-order valence-electron chi connectivity index (χ0n) is 5.98. The maximum absolute atomic E-state index is 11.9. The molecule has 0 radical (unpaired) electrons. The van der Waals surface area contributed by atoms with E-state index in [9.17, 15) is 17.6 Å². The van der Waals surface area contributed by atoms with Gasteiger partial charge in [0.05, 0.1) is 0 Å². The lowest BCUT2D eigenvalue weighted by atomic mass is 10.6. The SMILES string of the molecule is COC(C)OC(F)(F)C(F)F. The number of ether oxygens (including phenoxy) is 2. The third-order valence-corrected chi connectivity index (χ3v) is 0.909. The Bertz CT molecular complexity index is 117. The number of hydrogen-bond acceptors (Lipinski definition) is 2. The first-order valence-electron chi connectivity index (χ1n) is 2.76. The molecule has 0 fully saturated rings. The van der Waals surface area contributed by atoms with Crippen molar-refractivity contribution >= 4 is 0 Å². The average Bonchev–Trinajstić information content (AvgIpc) is 1.86. The fourth-order valence-electron chi connectivity index (χ4n) is 0.321. The normalized spacial score (nSPS) is 15.5. The summed E-state index contributed by atoms with van der Waals surface area (Å²) >= 11 is 0. The van der Waals surface area contributed by atoms with E-state index in [4.69, 9.17) is 0 Å². The van der Waals surface area contributed by atoms with E-state index in [1.165, 1.54) is 0 Å². The zero-order chi connectivity index (χ0) is 9.07. The van der Waals surface area contributed by atoms with Gasteiger partial charge in [0.1, 0.15) is 0 Å². The molecule has 0 aromatic heterocycles. The highest BCUT2D eigenvalue weighted by Crippen LogP contribution is 2.25. The molecule has 0 aromatic rings. The van der Waals surface area contributed by atoms with Crippen molar-refractivity contribution in [2.75, 3.05) is 7.11 Å². The van der Waals surface area contributed by atoms with Crippen LogP contribution in [-0.2, 0) is 9.47 Å². The van der Waals surface area contributed by atoms with Crippen molar-refractivity contribution < 1.29 is 27.0 Å². The van der Waals surface area contributed by atoms with Crippen LogP contribution in [0.25, 0.3) is 0 Å². The molecule has 0 rings (SSSR count). The molecule has 0 heterocycles. The highest BCUT2D eigenvalue weighted by molar-refractivity contribution is 4.54. The molecule has 0 N–H and O–H groups in total. The molecule has 1 unspecified atom stereocenters. The largest absolute Gasteiger partial charge is 0.418 e. The van der Waals surface area contributed by atoms with E-state index in [1.807, 2.05) is 0 Å². The zero-order valence-corrected chi connectivity index (χ0v) is 5.98. The Morgan fingerprint density at radius 3 is 2.00 bits per heavy atom. The molecule has 1 atom stereocenters. The molecular weight excluding hydrogens is 168 g/mol. The van der Waals surface area contributed by atoms with Gasteiger partial charge < -0.3 is 4.74 Å². The van der Waals surface area contributed by atoms with Gasteiger partial charge >= 0.3 is 12.5 Å². The standard InChI is InChI=1S/C5H8F4O2/c1-3(10-2)11-5(8,9)4(6)7/h3-4H,1-2H3. The van der Waals surface area contributed by atoms with Crippen LogP contribution < -0.4 is 0 Å². The van der Waals surface area contributed by atoms with Crippen LogP contribution in [0, 0.1) is 0 Å². The molecule has 0 aliphatic rings. The molecule has 68 valence electrons. The summed E-state index contributed by atoms with van der Waals surface area (Å²) in [7, 11) is 1.08. The van der Waals surface area contributed by atoms with Crippen molar-refractivity contribution in [2.45, 2.75) is 25.7 Å². The van der Waals surface area contributed by atoms with E-state index >= 15 is 0 Å². The molecule has 0 spiro atoms. The van der Waals surface area contributed by atoms with E-state index in [2.05, 4.69) is 9.47 Å². The monoisotopic (exact) mass is 176 g/mol. The summed E-state index contributed by atoms with van der Waals surface area (Å²) in [6.45, 7) is 1.09. The van der Waals surface area contributed by atoms with Crippen LogP contribution in [0.2, 0.25) is 0 Å². The first-order valence-corrected chi connectivity index (χ1v) is 2.76. The third kappa shape index (κ3) is 3.52. The van der Waals surface area contributed by atoms with Gasteiger partial charge in [-0.05, 0) is 6.92 Å². The van der Waals surface area contributed by atoms with Crippen LogP contribution in [0.3, 0.4) is 0 Å². The minimum atomic E-state index is -4.44. The lowest BCUT2D eigenvalue weighted by Gasteiger charge is -2.19. The Labute approximate surface area is 61.1 Å². The van der Waals surface area contributed by atoms with Gasteiger partial charge in [0, 0.05) is 7.11 Å². The first kappa shape index (κ1) is 10.6. The van der Waals surface area contributed by atoms with Crippen molar-refractivity contribution in [2.24, 2.45) is 0 Å². The second-order valence-corrected chi connectivity index (χ2v) is 1.78. The number of methoxy groups -OCH3 is 1. The van der Waals surface area contributed by atoms with Gasteiger partial charge in [0.25, 0.3) is 0 Å². The van der Waals surface area contributed by atoms with Gasteiger partial charge in [-0.2, -0.15) is 8.78 Å². The van der Waals surface area contributed by atoms with Gasteiger partial charge in [0.2, 0.25) is 0 Å². The molecule has 0 saturated carbocycles. The van der Waals surface area contributed by atoms with Gasteiger partial charge in [-0.1, -0.05) is 0 Å². The van der Waals surface area contributed by atoms with Gasteiger partial charge in [-0.3, -0.25) is 4.74 Å². The van der Waals surface area contributed by atoms with E-state index in [1.54, 1.807) is 0 Å². The third-order valence-electron chi connectivity index (χ3n) is 0.909. The number of hydrogen-bond donors (Lipinski definition) is 0. The minimum Gasteiger partial charge on any atom is -0.356 e. The summed E-state index contributed by atoms with van der Waals surface area (Å²) in [6.07, 6.45) is -9.62. The highest BCUT2D eigenvalue weighted by Gasteiger charge is 2.43. The molecule has 6 heteroatoms. The van der Waals surface area contributed by atoms with Crippen LogP contribution in [0.4, 0.5) is 17.6 Å². The average molecular weight is 176 g/mol. The summed E-state index contributed by atoms with van der Waals surface area (Å²) in [5.41, 5.74) is 0. The van der Waals surface area contributed by atoms with Crippen molar-refractivity contribution in [3.05, 3.63) is 0 Å². The maximum atomic E-state index is 11.9. The molecule has 2 nitrogen and oxygen atoms in total. The first-order chi connectivity index (χ1) is 4.90. The Hall–Kier alpha value is -0.360. The van der Waals surface area contributed by atoms with Crippen molar-refractivity contribution in [3.8, 4) is 0 Å². The predicted molar refractivity (Wildman–Crippen MR) is 28.5 cm³/mol. The van der Waals surface area contributed by atoms with Gasteiger partial charge in [-0.15, -0.1) is 0 Å². The Morgan fingerprint density at radius 1 is 1.27 bits per heavy atom. The van der Waals surface area contributed by atoms with Crippen LogP contribution in [0.5, 0.6) is 0 Å². The minimum absolute atomic E-state index is 1.08. The molecular formula is C5H8F4O2. The summed E-state index contributed by atoms with van der Waals surface area (Å²) in [4.78, 5) is 0. The Balaban J connectivity index is 3.90. The molecule has 0 aliphatic carbocycles. The quantitative estimate of drug-likeness (QED) is 0.480. The fraction of sp³-hybridized carbons (Fsp3) is 1.00. The lowest BCUT2D eigenvalue weighted by Crippen LogP contribution is -2.34. The molecule has 0 aliphatic heterocycles. The second-order valence-electron chi connectivity index (χ2n) is 1.78. The number of alkyl halides is 4. The maximum Gasteiger partial charge on any atom is 0.418 e. The van der Waals surface area contributed by atoms with E-state index in [0.29, 0.717) is 0 Å². The van der Waals surface area contributed by atoms with Gasteiger partial charge in [-0.25, -0.2) is 8.78 Å². The fourth-order valence-corrected chi connectivity index (χ4v) is 0.321. The second kappa shape index (κ2) is 3.87. The smallest absolute Gasteiger partial charge is 0.356 e. The van der Waals surface area contributed by atoms with Crippen molar-refractivity contribution in [1.82, 2.24) is 0 Å². The predicted octanol–water partition coefficient (Wildman–Crippen LogP) is 1.85. The van der Waals surface area contributed by atoms with E-state index in [0.717, 1.165) is 14.0 Å². The molecule has 11 heavy (non-hydrogen) atoms. The van der Waals surface area contributed by atoms with Crippen molar-refractivity contribution in [1.29, 1.82) is 0 Å². The number of rotatable bonds is 4. The summed E-state index contributed by atoms with van der Waals surface area (Å²) < 4.78 is 54.4. The van der Waals surface area contributed by atoms with Crippen LogP contribution in [-0.4, -0.2) is 25.9 Å². The molecule has 0 amide bonds. The molecule has 0 aromatic carbocycles. The molecule has 0 bridgehead atoms. The highest BCUT2D eigenvalue weighted by atomic mass is 19.3. The lowest BCUT2D eigenvalue weighted by molar-refractivity contribution is -0.349. The summed E-state index contributed by atoms with van der Waals surface area (Å²) in [6, 6.07) is 0. The van der Waals surface area contributed by atoms with Crippen LogP contribution >= 0.6 is 0 Å². The number of halogens is 4. The Morgan fingerprint density at radius 2 is 1.73 bits per heavy atom. The van der Waals surface area contributed by atoms with Crippen LogP contribution in [0.15, 0.2) is 0 Å². The topological polar surface area (TPSA) is 18.5 Å².